The summed E-state index contributed by atoms with van der Waals surface area (Å²) in [4.78, 5) is 0. The zero-order valence-electron chi connectivity index (χ0n) is 13.3. The van der Waals surface area contributed by atoms with Crippen molar-refractivity contribution < 1.29 is 47.7 Å². The molecule has 3 heteroatoms. The van der Waals surface area contributed by atoms with E-state index in [0.717, 1.165) is 7.35 Å². The van der Waals surface area contributed by atoms with E-state index < -0.39 is 22.9 Å². The number of allylic oxidation sites excluding steroid dienone is 2. The van der Waals surface area contributed by atoms with Gasteiger partial charge in [-0.2, -0.15) is 0 Å². The predicted molar refractivity (Wildman–Crippen MR) is 88.5 cm³/mol. The van der Waals surface area contributed by atoms with Crippen LogP contribution < -0.4 is 24.8 Å². The Bertz CT molecular complexity index is 823. The molecule has 0 saturated carbocycles. The van der Waals surface area contributed by atoms with Gasteiger partial charge in [-0.15, -0.1) is 0 Å². The van der Waals surface area contributed by atoms with Crippen molar-refractivity contribution in [1.82, 2.24) is 0 Å². The number of fused-ring (bicyclic) bond motifs is 3. The van der Waals surface area contributed by atoms with Crippen molar-refractivity contribution in [2.75, 3.05) is 0 Å². The van der Waals surface area contributed by atoms with Gasteiger partial charge in [-0.3, -0.25) is 0 Å². The van der Waals surface area contributed by atoms with Crippen molar-refractivity contribution in [3.05, 3.63) is 81.9 Å². The molecule has 0 radical (unpaired) electrons. The third-order valence-electron chi connectivity index (χ3n) is 5.26. The molecule has 0 bridgehead atoms. The number of hydrogen-bond donors (Lipinski definition) is 0. The quantitative estimate of drug-likeness (QED) is 0.452. The third-order valence-corrected chi connectivity index (χ3v) is 11.5. The Morgan fingerprint density at radius 2 is 1.42 bits per heavy atom. The van der Waals surface area contributed by atoms with Gasteiger partial charge in [-0.1, -0.05) is 0 Å². The van der Waals surface area contributed by atoms with Gasteiger partial charge in [0.05, 0.1) is 0 Å². The van der Waals surface area contributed by atoms with Crippen molar-refractivity contribution in [3.63, 3.8) is 0 Å². The van der Waals surface area contributed by atoms with E-state index in [1.807, 2.05) is 0 Å². The first-order valence-corrected chi connectivity index (χ1v) is 12.4. The van der Waals surface area contributed by atoms with Gasteiger partial charge < -0.3 is 24.8 Å². The molecule has 2 aromatic rings. The summed E-state index contributed by atoms with van der Waals surface area (Å²) in [6.07, 6.45) is 13.7. The Balaban J connectivity index is 0.000000845. The van der Waals surface area contributed by atoms with Crippen molar-refractivity contribution >= 4 is 12.2 Å². The number of rotatable bonds is 2. The van der Waals surface area contributed by atoms with E-state index in [9.17, 15) is 0 Å². The van der Waals surface area contributed by atoms with Crippen molar-refractivity contribution in [1.29, 1.82) is 0 Å². The van der Waals surface area contributed by atoms with Crippen LogP contribution >= 0.6 is 0 Å². The molecule has 0 heterocycles. The van der Waals surface area contributed by atoms with E-state index in [4.69, 9.17) is 0 Å². The molecule has 24 heavy (non-hydrogen) atoms. The molecule has 5 rings (SSSR count). The second-order valence-corrected chi connectivity index (χ2v) is 12.2. The van der Waals surface area contributed by atoms with E-state index in [1.165, 1.54) is 30.4 Å². The molecule has 0 amide bonds. The molecule has 2 atom stereocenters. The minimum Gasteiger partial charge on any atom is -1.00 e. The zero-order valence-corrected chi connectivity index (χ0v) is 18.4. The average molecular weight is 520 g/mol. The maximum atomic E-state index is 2.56. The zero-order chi connectivity index (χ0) is 14.5. The van der Waals surface area contributed by atoms with Gasteiger partial charge in [0.1, 0.15) is 0 Å². The van der Waals surface area contributed by atoms with Crippen LogP contribution in [-0.4, -0.2) is 0 Å². The number of aryl methyl sites for hydroxylation is 2. The van der Waals surface area contributed by atoms with Crippen LogP contribution in [0.3, 0.4) is 0 Å². The summed E-state index contributed by atoms with van der Waals surface area (Å²) in [5.41, 5.74) is 9.47. The fourth-order valence-corrected chi connectivity index (χ4v) is 10.1. The van der Waals surface area contributed by atoms with Crippen LogP contribution in [0.4, 0.5) is 0 Å². The second kappa shape index (κ2) is 7.32. The molecule has 2 aromatic carbocycles. The summed E-state index contributed by atoms with van der Waals surface area (Å²) >= 11 is -0.821. The molecule has 0 N–H and O–H groups in total. The van der Waals surface area contributed by atoms with Crippen LogP contribution in [0, 0.1) is 0 Å². The van der Waals surface area contributed by atoms with Crippen molar-refractivity contribution in [2.45, 2.75) is 26.6 Å². The molecule has 0 saturated heterocycles. The van der Waals surface area contributed by atoms with E-state index in [-0.39, 0.29) is 24.8 Å². The first-order valence-electron chi connectivity index (χ1n) is 8.25. The van der Waals surface area contributed by atoms with Gasteiger partial charge >= 0.3 is 144 Å². The van der Waals surface area contributed by atoms with Crippen LogP contribution in [0.1, 0.15) is 47.2 Å². The number of benzene rings is 2. The first kappa shape index (κ1) is 18.2. The van der Waals surface area contributed by atoms with Crippen LogP contribution in [0.5, 0.6) is 0 Å². The average Bonchev–Trinajstić information content (AvgIpc) is 3.25. The van der Waals surface area contributed by atoms with E-state index >= 15 is 0 Å². The van der Waals surface area contributed by atoms with Crippen molar-refractivity contribution in [2.24, 2.45) is 0 Å². The molecule has 3 aliphatic carbocycles. The first-order chi connectivity index (χ1) is 10.9. The van der Waals surface area contributed by atoms with Crippen LogP contribution in [0.2, 0.25) is 0 Å². The third kappa shape index (κ3) is 3.00. The molecule has 0 spiro atoms. The Hall–Kier alpha value is -0.630. The van der Waals surface area contributed by atoms with Crippen LogP contribution in [-0.2, 0) is 35.7 Å². The van der Waals surface area contributed by atoms with Gasteiger partial charge in [-0.25, -0.2) is 0 Å². The molecular weight excluding hydrogens is 502 g/mol. The van der Waals surface area contributed by atoms with Gasteiger partial charge in [0.15, 0.2) is 0 Å². The summed E-state index contributed by atoms with van der Waals surface area (Å²) in [6, 6.07) is 14.0. The maximum Gasteiger partial charge on any atom is -1.00 e. The van der Waals surface area contributed by atoms with Gasteiger partial charge in [0.2, 0.25) is 0 Å². The molecule has 0 nitrogen and oxygen atoms in total. The van der Waals surface area contributed by atoms with Crippen molar-refractivity contribution in [3.8, 4) is 0 Å². The Morgan fingerprint density at radius 3 is 2.25 bits per heavy atom. The number of halogens is 2. The summed E-state index contributed by atoms with van der Waals surface area (Å²) < 4.78 is 1.55. The smallest absolute Gasteiger partial charge is 1.00 e. The minimum absolute atomic E-state index is 0. The molecule has 0 fully saturated rings. The van der Waals surface area contributed by atoms with E-state index in [0.29, 0.717) is 0 Å². The summed E-state index contributed by atoms with van der Waals surface area (Å²) in [6.45, 7) is 0. The second-order valence-electron chi connectivity index (χ2n) is 6.57. The Morgan fingerprint density at radius 1 is 0.750 bits per heavy atom. The standard InChI is InChI=1S/C12H11.C9H7.2ClH.Hf/c1-3-9-7-11-5-2-6-12(11)8-10(9)4-1;1-2-5-9-7-3-6-8(9)4-1;;;/h1,3-4,7-8H,2,5-6H2;1-7H;2*1H;/q;;;;+2/p-2. The largest absolute Gasteiger partial charge is 1.00 e. The fourth-order valence-electron chi connectivity index (χ4n) is 4.11. The summed E-state index contributed by atoms with van der Waals surface area (Å²) in [5.74, 6) is 0. The van der Waals surface area contributed by atoms with Crippen LogP contribution in [0.15, 0.2) is 48.6 Å². The van der Waals surface area contributed by atoms with E-state index in [2.05, 4.69) is 60.7 Å². The summed E-state index contributed by atoms with van der Waals surface area (Å²) in [5, 5.41) is 0. The monoisotopic (exact) mass is 520 g/mol. The molecule has 3 aliphatic rings. The molecule has 0 aliphatic heterocycles. The van der Waals surface area contributed by atoms with Crippen LogP contribution in [0.25, 0.3) is 12.2 Å². The topological polar surface area (TPSA) is 0 Å². The Kier molecular flexibility index (Phi) is 5.54. The SMILES string of the molecule is C1=C[CH]([Hf+2][CH]2C=Cc3cc4c(cc32)CCC4)c2ccccc21.[Cl-].[Cl-]. The molecular formula is C21H18Cl2Hf. The molecule has 120 valence electrons. The predicted octanol–water partition coefficient (Wildman–Crippen LogP) is -0.898. The molecule has 0 aromatic heterocycles. The normalized spacial score (nSPS) is 21.3. The fraction of sp³-hybridized carbons (Fsp3) is 0.238. The van der Waals surface area contributed by atoms with Gasteiger partial charge in [-0.05, 0) is 0 Å². The maximum absolute atomic E-state index is 2.56. The minimum atomic E-state index is -0.821. The summed E-state index contributed by atoms with van der Waals surface area (Å²) in [7, 11) is 0. The van der Waals surface area contributed by atoms with Gasteiger partial charge in [0.25, 0.3) is 0 Å². The Labute approximate surface area is 167 Å². The molecule has 2 unspecified atom stereocenters. The van der Waals surface area contributed by atoms with E-state index in [1.54, 1.807) is 22.3 Å². The van der Waals surface area contributed by atoms with Gasteiger partial charge in [0, 0.05) is 0 Å². The number of hydrogen-bond acceptors (Lipinski definition) is 0.